The smallest absolute Gasteiger partial charge is 0.191 e. The van der Waals surface area contributed by atoms with E-state index in [1.54, 1.807) is 21.3 Å². The molecule has 0 radical (unpaired) electrons. The molecule has 0 aliphatic heterocycles. The third-order valence-corrected chi connectivity index (χ3v) is 4.40. The van der Waals surface area contributed by atoms with E-state index in [-0.39, 0.29) is 6.04 Å². The van der Waals surface area contributed by atoms with Crippen LogP contribution < -0.4 is 20.1 Å². The highest BCUT2D eigenvalue weighted by atomic mass is 16.5. The fourth-order valence-corrected chi connectivity index (χ4v) is 2.85. The molecule has 2 N–H and O–H groups in total. The molecule has 0 saturated carbocycles. The fourth-order valence-electron chi connectivity index (χ4n) is 2.85. The number of methoxy groups -OCH3 is 2. The predicted octanol–water partition coefficient (Wildman–Crippen LogP) is 2.67. The Balaban J connectivity index is 2.03. The van der Waals surface area contributed by atoms with Gasteiger partial charge in [0.2, 0.25) is 0 Å². The number of ether oxygens (including phenoxy) is 2. The Labute approximate surface area is 162 Å². The van der Waals surface area contributed by atoms with Crippen molar-refractivity contribution in [2.75, 3.05) is 41.9 Å². The Morgan fingerprint density at radius 2 is 1.70 bits per heavy atom. The molecular formula is C21H30N4O2. The first-order valence-electron chi connectivity index (χ1n) is 8.95. The van der Waals surface area contributed by atoms with Crippen LogP contribution in [0.1, 0.15) is 17.2 Å². The average Bonchev–Trinajstić information content (AvgIpc) is 2.70. The van der Waals surface area contributed by atoms with Gasteiger partial charge in [0.05, 0.1) is 20.3 Å². The molecule has 0 aliphatic carbocycles. The Hall–Kier alpha value is -2.73. The van der Waals surface area contributed by atoms with E-state index in [0.717, 1.165) is 29.6 Å². The minimum absolute atomic E-state index is 0.153. The van der Waals surface area contributed by atoms with Crippen LogP contribution in [-0.4, -0.2) is 52.8 Å². The molecule has 0 spiro atoms. The van der Waals surface area contributed by atoms with Crippen LogP contribution in [0.15, 0.2) is 53.5 Å². The topological polar surface area (TPSA) is 58.1 Å². The summed E-state index contributed by atoms with van der Waals surface area (Å²) in [5.41, 5.74) is 2.35. The van der Waals surface area contributed by atoms with Gasteiger partial charge in [0.15, 0.2) is 17.5 Å². The van der Waals surface area contributed by atoms with E-state index in [2.05, 4.69) is 52.8 Å². The van der Waals surface area contributed by atoms with Crippen molar-refractivity contribution >= 4 is 5.96 Å². The lowest BCUT2D eigenvalue weighted by atomic mass is 10.1. The van der Waals surface area contributed by atoms with Gasteiger partial charge in [0.1, 0.15) is 0 Å². The van der Waals surface area contributed by atoms with Gasteiger partial charge in [-0.25, -0.2) is 0 Å². The van der Waals surface area contributed by atoms with E-state index in [0.29, 0.717) is 6.54 Å². The molecule has 0 heterocycles. The van der Waals surface area contributed by atoms with Gasteiger partial charge in [-0.3, -0.25) is 4.99 Å². The van der Waals surface area contributed by atoms with Crippen molar-refractivity contribution in [2.45, 2.75) is 12.6 Å². The number of rotatable bonds is 8. The Bertz CT molecular complexity index is 732. The quantitative estimate of drug-likeness (QED) is 0.553. The lowest BCUT2D eigenvalue weighted by molar-refractivity contribution is 0.295. The minimum Gasteiger partial charge on any atom is -0.493 e. The van der Waals surface area contributed by atoms with E-state index in [1.165, 1.54) is 5.56 Å². The monoisotopic (exact) mass is 370 g/mol. The number of nitrogens with zero attached hydrogens (tertiary/aromatic N) is 2. The molecule has 6 nitrogen and oxygen atoms in total. The van der Waals surface area contributed by atoms with Gasteiger partial charge in [-0.05, 0) is 37.4 Å². The molecule has 1 atom stereocenters. The van der Waals surface area contributed by atoms with Crippen LogP contribution in [-0.2, 0) is 6.54 Å². The summed E-state index contributed by atoms with van der Waals surface area (Å²) in [4.78, 5) is 6.49. The number of hydrogen-bond donors (Lipinski definition) is 2. The minimum atomic E-state index is 0.153. The molecule has 2 aromatic rings. The molecule has 2 aromatic carbocycles. The van der Waals surface area contributed by atoms with Gasteiger partial charge in [-0.2, -0.15) is 0 Å². The first-order chi connectivity index (χ1) is 13.1. The lowest BCUT2D eigenvalue weighted by Gasteiger charge is -2.26. The van der Waals surface area contributed by atoms with Crippen molar-refractivity contribution in [1.29, 1.82) is 0 Å². The highest BCUT2D eigenvalue weighted by Gasteiger charge is 2.17. The third-order valence-electron chi connectivity index (χ3n) is 4.40. The number of benzene rings is 2. The van der Waals surface area contributed by atoms with Gasteiger partial charge >= 0.3 is 0 Å². The number of guanidine groups is 1. The zero-order chi connectivity index (χ0) is 19.6. The van der Waals surface area contributed by atoms with Gasteiger partial charge < -0.3 is 25.0 Å². The zero-order valence-electron chi connectivity index (χ0n) is 16.8. The number of likely N-dealkylation sites (N-methyl/N-ethyl adjacent to an activating group) is 1. The second-order valence-corrected chi connectivity index (χ2v) is 6.39. The van der Waals surface area contributed by atoms with E-state index in [4.69, 9.17) is 9.47 Å². The Kier molecular flexibility index (Phi) is 7.95. The molecule has 146 valence electrons. The molecule has 0 amide bonds. The van der Waals surface area contributed by atoms with Crippen molar-refractivity contribution in [3.05, 3.63) is 59.7 Å². The molecule has 0 bridgehead atoms. The summed E-state index contributed by atoms with van der Waals surface area (Å²) in [6.45, 7) is 1.43. The second kappa shape index (κ2) is 10.4. The first-order valence-corrected chi connectivity index (χ1v) is 8.95. The van der Waals surface area contributed by atoms with Crippen LogP contribution in [0.25, 0.3) is 0 Å². The summed E-state index contributed by atoms with van der Waals surface area (Å²) in [5, 5.41) is 6.76. The molecule has 0 aliphatic rings. The number of aliphatic imine (C=N–C) groups is 1. The molecule has 0 fully saturated rings. The second-order valence-electron chi connectivity index (χ2n) is 6.39. The van der Waals surface area contributed by atoms with E-state index in [1.807, 2.05) is 30.3 Å². The van der Waals surface area contributed by atoms with E-state index >= 15 is 0 Å². The summed E-state index contributed by atoms with van der Waals surface area (Å²) in [7, 11) is 9.19. The molecular weight excluding hydrogens is 340 g/mol. The normalized spacial score (nSPS) is 12.6. The summed E-state index contributed by atoms with van der Waals surface area (Å²) in [6, 6.07) is 16.4. The van der Waals surface area contributed by atoms with Crippen LogP contribution in [0.5, 0.6) is 11.5 Å². The maximum absolute atomic E-state index is 5.44. The maximum Gasteiger partial charge on any atom is 0.191 e. The summed E-state index contributed by atoms with van der Waals surface area (Å²) in [5.74, 6) is 2.23. The first kappa shape index (κ1) is 20.6. The van der Waals surface area contributed by atoms with Crippen molar-refractivity contribution in [3.8, 4) is 11.5 Å². The van der Waals surface area contributed by atoms with Crippen LogP contribution in [0, 0.1) is 0 Å². The van der Waals surface area contributed by atoms with Crippen molar-refractivity contribution in [2.24, 2.45) is 4.99 Å². The molecule has 0 aromatic heterocycles. The van der Waals surface area contributed by atoms with Crippen molar-refractivity contribution in [3.63, 3.8) is 0 Å². The van der Waals surface area contributed by atoms with Crippen LogP contribution in [0.3, 0.4) is 0 Å². The molecule has 0 saturated heterocycles. The number of nitrogens with one attached hydrogen (secondary N) is 2. The Morgan fingerprint density at radius 3 is 2.30 bits per heavy atom. The average molecular weight is 370 g/mol. The lowest BCUT2D eigenvalue weighted by Crippen LogP contribution is -2.41. The molecule has 1 unspecified atom stereocenters. The van der Waals surface area contributed by atoms with Crippen LogP contribution in [0.2, 0.25) is 0 Å². The van der Waals surface area contributed by atoms with Gasteiger partial charge in [-0.15, -0.1) is 0 Å². The fraction of sp³-hybridized carbons (Fsp3) is 0.381. The molecule has 2 rings (SSSR count). The van der Waals surface area contributed by atoms with Crippen LogP contribution >= 0.6 is 0 Å². The standard InChI is InChI=1S/C21H30N4O2/c1-22-21(23-14-16-9-7-6-8-10-16)24-15-18(25(2)3)17-11-12-19(26-4)20(13-17)27-5/h6-13,18H,14-15H2,1-5H3,(H2,22,23,24). The summed E-state index contributed by atoms with van der Waals surface area (Å²) in [6.07, 6.45) is 0. The third kappa shape index (κ3) is 5.89. The van der Waals surface area contributed by atoms with Crippen LogP contribution in [0.4, 0.5) is 0 Å². The highest BCUT2D eigenvalue weighted by Crippen LogP contribution is 2.31. The van der Waals surface area contributed by atoms with Crippen molar-refractivity contribution < 1.29 is 9.47 Å². The van der Waals surface area contributed by atoms with Gasteiger partial charge in [0, 0.05) is 20.1 Å². The summed E-state index contributed by atoms with van der Waals surface area (Å²) < 4.78 is 10.8. The van der Waals surface area contributed by atoms with E-state index in [9.17, 15) is 0 Å². The predicted molar refractivity (Wildman–Crippen MR) is 111 cm³/mol. The SMILES string of the molecule is CN=C(NCc1ccccc1)NCC(c1ccc(OC)c(OC)c1)N(C)C. The molecule has 27 heavy (non-hydrogen) atoms. The highest BCUT2D eigenvalue weighted by molar-refractivity contribution is 5.79. The summed E-state index contributed by atoms with van der Waals surface area (Å²) >= 11 is 0. The maximum atomic E-state index is 5.44. The Morgan fingerprint density at radius 1 is 1.00 bits per heavy atom. The van der Waals surface area contributed by atoms with Gasteiger partial charge in [-0.1, -0.05) is 36.4 Å². The van der Waals surface area contributed by atoms with Crippen molar-refractivity contribution in [1.82, 2.24) is 15.5 Å². The largest absolute Gasteiger partial charge is 0.493 e. The molecule has 6 heteroatoms. The number of hydrogen-bond acceptors (Lipinski definition) is 4. The zero-order valence-corrected chi connectivity index (χ0v) is 16.8. The van der Waals surface area contributed by atoms with Gasteiger partial charge in [0.25, 0.3) is 0 Å². The van der Waals surface area contributed by atoms with E-state index < -0.39 is 0 Å².